The number of aryl methyl sites for hydroxylation is 1. The number of carbonyl (C=O) groups is 2. The van der Waals surface area contributed by atoms with E-state index in [1.54, 1.807) is 6.07 Å². The zero-order valence-electron chi connectivity index (χ0n) is 14.7. The fraction of sp³-hybridized carbons (Fsp3) is 0.300. The maximum Gasteiger partial charge on any atom is 0.254 e. The predicted octanol–water partition coefficient (Wildman–Crippen LogP) is 3.43. The minimum absolute atomic E-state index is 0. The molecule has 1 atom stereocenters. The number of rotatable bonds is 2. The summed E-state index contributed by atoms with van der Waals surface area (Å²) in [6.07, 6.45) is 1.13. The Hall–Kier alpha value is -2.08. The molecule has 2 heterocycles. The summed E-state index contributed by atoms with van der Waals surface area (Å²) in [6, 6.07) is 13.2. The van der Waals surface area contributed by atoms with E-state index in [9.17, 15) is 9.59 Å². The van der Waals surface area contributed by atoms with Gasteiger partial charge in [-0.15, -0.1) is 12.4 Å². The lowest BCUT2D eigenvalue weighted by Crippen LogP contribution is -2.48. The summed E-state index contributed by atoms with van der Waals surface area (Å²) in [7, 11) is 0. The van der Waals surface area contributed by atoms with Gasteiger partial charge in [-0.25, -0.2) is 0 Å². The minimum atomic E-state index is -0.0503. The first-order chi connectivity index (χ1) is 12.6. The molecule has 2 amide bonds. The van der Waals surface area contributed by atoms with Crippen LogP contribution in [0.4, 0.5) is 5.69 Å². The molecule has 7 heteroatoms. The van der Waals surface area contributed by atoms with Crippen LogP contribution in [0.15, 0.2) is 42.5 Å². The van der Waals surface area contributed by atoms with Crippen molar-refractivity contribution < 1.29 is 9.59 Å². The Balaban J connectivity index is 0.00000210. The third-order valence-electron chi connectivity index (χ3n) is 4.99. The largest absolute Gasteiger partial charge is 0.329 e. The predicted molar refractivity (Wildman–Crippen MR) is 109 cm³/mol. The van der Waals surface area contributed by atoms with Gasteiger partial charge in [-0.2, -0.15) is 0 Å². The quantitative estimate of drug-likeness (QED) is 0.804. The van der Waals surface area contributed by atoms with Gasteiger partial charge in [0.25, 0.3) is 5.91 Å². The van der Waals surface area contributed by atoms with Gasteiger partial charge >= 0.3 is 0 Å². The van der Waals surface area contributed by atoms with Crippen molar-refractivity contribution in [2.45, 2.75) is 18.9 Å². The molecule has 0 bridgehead atoms. The summed E-state index contributed by atoms with van der Waals surface area (Å²) in [4.78, 5) is 26.6. The monoisotopic (exact) mass is 405 g/mol. The second kappa shape index (κ2) is 8.30. The first-order valence-electron chi connectivity index (χ1n) is 8.82. The second-order valence-corrected chi connectivity index (χ2v) is 7.13. The van der Waals surface area contributed by atoms with Crippen molar-refractivity contribution in [3.8, 4) is 0 Å². The molecule has 0 aromatic heterocycles. The Morgan fingerprint density at radius 3 is 2.81 bits per heavy atom. The molecule has 0 radical (unpaired) electrons. The van der Waals surface area contributed by atoms with E-state index in [0.29, 0.717) is 36.5 Å². The first-order valence-corrected chi connectivity index (χ1v) is 9.19. The molecule has 2 aliphatic rings. The van der Waals surface area contributed by atoms with Gasteiger partial charge in [0.05, 0.1) is 6.04 Å². The lowest BCUT2D eigenvalue weighted by atomic mass is 9.98. The molecule has 0 spiro atoms. The molecule has 2 aliphatic heterocycles. The molecule has 0 saturated carbocycles. The number of carbonyl (C=O) groups excluding carboxylic acids is 2. The molecular formula is C20H21Cl2N3O2. The Labute approximate surface area is 169 Å². The molecule has 1 fully saturated rings. The maximum atomic E-state index is 13.2. The highest BCUT2D eigenvalue weighted by atomic mass is 35.5. The van der Waals surface area contributed by atoms with Crippen LogP contribution in [0.2, 0.25) is 5.02 Å². The van der Waals surface area contributed by atoms with E-state index in [0.717, 1.165) is 23.4 Å². The van der Waals surface area contributed by atoms with Gasteiger partial charge in [-0.05, 0) is 47.9 Å². The maximum absolute atomic E-state index is 13.2. The Morgan fingerprint density at radius 2 is 2.00 bits per heavy atom. The molecule has 2 aromatic carbocycles. The fourth-order valence-electron chi connectivity index (χ4n) is 3.64. The number of amides is 2. The Kier molecular flexibility index (Phi) is 6.05. The summed E-state index contributed by atoms with van der Waals surface area (Å²) in [6.45, 7) is 2.11. The van der Waals surface area contributed by atoms with E-state index in [-0.39, 0.29) is 30.3 Å². The third-order valence-corrected chi connectivity index (χ3v) is 5.22. The summed E-state index contributed by atoms with van der Waals surface area (Å²) in [5, 5.41) is 6.89. The zero-order chi connectivity index (χ0) is 18.1. The first kappa shape index (κ1) is 19.7. The van der Waals surface area contributed by atoms with Gasteiger partial charge in [0.1, 0.15) is 0 Å². The van der Waals surface area contributed by atoms with Crippen LogP contribution in [0.1, 0.15) is 33.9 Å². The number of nitrogens with one attached hydrogen (secondary N) is 2. The number of piperazine rings is 1. The smallest absolute Gasteiger partial charge is 0.254 e. The number of hydrogen-bond acceptors (Lipinski definition) is 3. The van der Waals surface area contributed by atoms with Gasteiger partial charge < -0.3 is 15.5 Å². The molecule has 142 valence electrons. The zero-order valence-corrected chi connectivity index (χ0v) is 16.3. The van der Waals surface area contributed by atoms with E-state index >= 15 is 0 Å². The summed E-state index contributed by atoms with van der Waals surface area (Å²) in [5.74, 6) is 0.0378. The lowest BCUT2D eigenvalue weighted by Gasteiger charge is -2.37. The molecule has 0 aliphatic carbocycles. The van der Waals surface area contributed by atoms with Crippen LogP contribution in [0.3, 0.4) is 0 Å². The van der Waals surface area contributed by atoms with E-state index in [4.69, 9.17) is 11.6 Å². The number of hydrogen-bond donors (Lipinski definition) is 2. The van der Waals surface area contributed by atoms with Crippen molar-refractivity contribution in [2.75, 3.05) is 25.0 Å². The summed E-state index contributed by atoms with van der Waals surface area (Å²) < 4.78 is 0. The summed E-state index contributed by atoms with van der Waals surface area (Å²) >= 11 is 6.14. The molecule has 2 aromatic rings. The number of anilines is 1. The number of halogens is 2. The molecule has 4 rings (SSSR count). The average molecular weight is 406 g/mol. The van der Waals surface area contributed by atoms with Crippen molar-refractivity contribution in [1.82, 2.24) is 10.2 Å². The van der Waals surface area contributed by atoms with Crippen molar-refractivity contribution in [2.24, 2.45) is 0 Å². The molecule has 2 N–H and O–H groups in total. The highest BCUT2D eigenvalue weighted by Crippen LogP contribution is 2.28. The van der Waals surface area contributed by atoms with Crippen molar-refractivity contribution >= 4 is 41.5 Å². The lowest BCUT2D eigenvalue weighted by molar-refractivity contribution is -0.116. The van der Waals surface area contributed by atoms with Gasteiger partial charge in [0, 0.05) is 42.3 Å². The van der Waals surface area contributed by atoms with Crippen LogP contribution < -0.4 is 10.6 Å². The van der Waals surface area contributed by atoms with E-state index in [2.05, 4.69) is 10.6 Å². The van der Waals surface area contributed by atoms with Crippen LogP contribution in [0, 0.1) is 0 Å². The fourth-order valence-corrected chi connectivity index (χ4v) is 3.84. The standard InChI is InChI=1S/C20H20ClN3O2.ClH/c21-16-3-1-2-14(11-16)18-12-22-8-9-24(18)20(26)15-4-6-17-13(10-15)5-7-19(25)23-17;/h1-4,6,10-11,18,22H,5,7-9,12H2,(H,23,25);1H. The van der Waals surface area contributed by atoms with Crippen LogP contribution in [-0.2, 0) is 11.2 Å². The van der Waals surface area contributed by atoms with Crippen LogP contribution >= 0.6 is 24.0 Å². The molecule has 27 heavy (non-hydrogen) atoms. The number of fused-ring (bicyclic) bond motifs is 1. The van der Waals surface area contributed by atoms with Gasteiger partial charge in [0.15, 0.2) is 0 Å². The number of benzene rings is 2. The van der Waals surface area contributed by atoms with Gasteiger partial charge in [-0.1, -0.05) is 23.7 Å². The number of nitrogens with zero attached hydrogens (tertiary/aromatic N) is 1. The molecule has 1 unspecified atom stereocenters. The van der Waals surface area contributed by atoms with Crippen LogP contribution in [-0.4, -0.2) is 36.3 Å². The molecule has 1 saturated heterocycles. The Bertz CT molecular complexity index is 872. The van der Waals surface area contributed by atoms with Gasteiger partial charge in [0.2, 0.25) is 5.91 Å². The van der Waals surface area contributed by atoms with Crippen molar-refractivity contribution in [3.05, 3.63) is 64.2 Å². The second-order valence-electron chi connectivity index (χ2n) is 6.69. The highest BCUT2D eigenvalue weighted by Gasteiger charge is 2.29. The van der Waals surface area contributed by atoms with E-state index < -0.39 is 0 Å². The molecule has 5 nitrogen and oxygen atoms in total. The topological polar surface area (TPSA) is 61.4 Å². The Morgan fingerprint density at radius 1 is 1.15 bits per heavy atom. The highest BCUT2D eigenvalue weighted by molar-refractivity contribution is 6.30. The van der Waals surface area contributed by atoms with Crippen molar-refractivity contribution in [3.63, 3.8) is 0 Å². The normalized spacial score (nSPS) is 18.9. The minimum Gasteiger partial charge on any atom is -0.329 e. The SMILES string of the molecule is Cl.O=C1CCc2cc(C(=O)N3CCNCC3c3cccc(Cl)c3)ccc2N1. The van der Waals surface area contributed by atoms with Crippen molar-refractivity contribution in [1.29, 1.82) is 0 Å². The van der Waals surface area contributed by atoms with Gasteiger partial charge in [-0.3, -0.25) is 9.59 Å². The average Bonchev–Trinajstić information content (AvgIpc) is 2.67. The molecular weight excluding hydrogens is 385 g/mol. The van der Waals surface area contributed by atoms with E-state index in [1.807, 2.05) is 41.3 Å². The third kappa shape index (κ3) is 4.10. The van der Waals surface area contributed by atoms with E-state index in [1.165, 1.54) is 0 Å². The van der Waals surface area contributed by atoms with Crippen LogP contribution in [0.25, 0.3) is 0 Å². The summed E-state index contributed by atoms with van der Waals surface area (Å²) in [5.41, 5.74) is 3.52. The van der Waals surface area contributed by atoms with Crippen LogP contribution in [0.5, 0.6) is 0 Å².